The van der Waals surface area contributed by atoms with Crippen molar-refractivity contribution in [2.24, 2.45) is 0 Å². The third-order valence-electron chi connectivity index (χ3n) is 3.00. The van der Waals surface area contributed by atoms with E-state index in [4.69, 9.17) is 0 Å². The molecule has 12 heavy (non-hydrogen) atoms. The molecule has 2 unspecified atom stereocenters. The molecular weight excluding hydrogens is 150 g/mol. The van der Waals surface area contributed by atoms with Gasteiger partial charge in [0.05, 0.1) is 0 Å². The van der Waals surface area contributed by atoms with Crippen molar-refractivity contribution in [3.8, 4) is 0 Å². The van der Waals surface area contributed by atoms with E-state index in [-0.39, 0.29) is 0 Å². The lowest BCUT2D eigenvalue weighted by Crippen LogP contribution is -2.43. The average molecular weight is 169 g/mol. The van der Waals surface area contributed by atoms with Gasteiger partial charge in [0.2, 0.25) is 0 Å². The second kappa shape index (κ2) is 3.32. The molecular formula is C9H19N3. The number of rotatable bonds is 1. The van der Waals surface area contributed by atoms with Gasteiger partial charge in [0.15, 0.2) is 0 Å². The van der Waals surface area contributed by atoms with Gasteiger partial charge in [-0.1, -0.05) is 0 Å². The zero-order chi connectivity index (χ0) is 8.55. The van der Waals surface area contributed by atoms with Gasteiger partial charge in [-0.25, -0.2) is 5.01 Å². The van der Waals surface area contributed by atoms with Crippen molar-refractivity contribution in [2.45, 2.75) is 31.8 Å². The molecule has 0 amide bonds. The highest BCUT2D eigenvalue weighted by molar-refractivity contribution is 4.84. The number of nitrogens with one attached hydrogen (secondary N) is 1. The number of hydrogen-bond donors (Lipinski definition) is 1. The van der Waals surface area contributed by atoms with Gasteiger partial charge in [0.25, 0.3) is 0 Å². The van der Waals surface area contributed by atoms with Crippen LogP contribution in [0.2, 0.25) is 0 Å². The Hall–Kier alpha value is -0.120. The Bertz CT molecular complexity index is 142. The molecule has 3 heteroatoms. The molecule has 0 aromatic heterocycles. The second-order valence-electron chi connectivity index (χ2n) is 4.22. The lowest BCUT2D eigenvalue weighted by molar-refractivity contribution is 0.167. The molecule has 2 saturated heterocycles. The zero-order valence-electron chi connectivity index (χ0n) is 8.08. The Balaban J connectivity index is 1.85. The first-order chi connectivity index (χ1) is 5.75. The predicted molar refractivity (Wildman–Crippen MR) is 49.8 cm³/mol. The van der Waals surface area contributed by atoms with Crippen LogP contribution in [-0.4, -0.2) is 48.7 Å². The second-order valence-corrected chi connectivity index (χ2v) is 4.22. The monoisotopic (exact) mass is 169 g/mol. The smallest absolute Gasteiger partial charge is 0.0382 e. The number of hydrazine groups is 1. The molecule has 2 aliphatic rings. The SMILES string of the molecule is CC1CCN(C2CCN(C)C2)N1. The van der Waals surface area contributed by atoms with Crippen LogP contribution in [0.1, 0.15) is 19.8 Å². The molecule has 0 aromatic carbocycles. The molecule has 2 aliphatic heterocycles. The lowest BCUT2D eigenvalue weighted by Gasteiger charge is -2.23. The minimum atomic E-state index is 0.691. The van der Waals surface area contributed by atoms with Gasteiger partial charge in [-0.3, -0.25) is 5.43 Å². The van der Waals surface area contributed by atoms with Gasteiger partial charge >= 0.3 is 0 Å². The average Bonchev–Trinajstić information content (AvgIpc) is 2.58. The van der Waals surface area contributed by atoms with E-state index in [0.717, 1.165) is 6.04 Å². The summed E-state index contributed by atoms with van der Waals surface area (Å²) in [5, 5.41) is 2.44. The van der Waals surface area contributed by atoms with Gasteiger partial charge in [-0.15, -0.1) is 0 Å². The Morgan fingerprint density at radius 1 is 1.25 bits per heavy atom. The Labute approximate surface area is 74.7 Å². The minimum Gasteiger partial charge on any atom is -0.305 e. The highest BCUT2D eigenvalue weighted by Gasteiger charge is 2.29. The van der Waals surface area contributed by atoms with E-state index in [2.05, 4.69) is 29.3 Å². The van der Waals surface area contributed by atoms with Gasteiger partial charge in [0.1, 0.15) is 0 Å². The molecule has 70 valence electrons. The lowest BCUT2D eigenvalue weighted by atomic mass is 10.2. The summed E-state index contributed by atoms with van der Waals surface area (Å²) in [7, 11) is 2.21. The van der Waals surface area contributed by atoms with Crippen LogP contribution in [0.25, 0.3) is 0 Å². The molecule has 2 heterocycles. The number of nitrogens with zero attached hydrogens (tertiary/aromatic N) is 2. The molecule has 2 rings (SSSR count). The summed E-state index contributed by atoms with van der Waals surface area (Å²) in [6.07, 6.45) is 2.64. The van der Waals surface area contributed by atoms with Crippen LogP contribution in [-0.2, 0) is 0 Å². The summed E-state index contributed by atoms with van der Waals surface area (Å²) in [5.41, 5.74) is 3.52. The number of likely N-dealkylation sites (tertiary alicyclic amines) is 1. The molecule has 0 aromatic rings. The normalized spacial score (nSPS) is 39.5. The zero-order valence-corrected chi connectivity index (χ0v) is 8.08. The van der Waals surface area contributed by atoms with Crippen molar-refractivity contribution in [3.63, 3.8) is 0 Å². The Morgan fingerprint density at radius 2 is 2.08 bits per heavy atom. The fourth-order valence-electron chi connectivity index (χ4n) is 2.20. The largest absolute Gasteiger partial charge is 0.305 e. The van der Waals surface area contributed by atoms with Crippen LogP contribution in [0.3, 0.4) is 0 Å². The molecule has 3 nitrogen and oxygen atoms in total. The third kappa shape index (κ3) is 1.63. The van der Waals surface area contributed by atoms with Crippen molar-refractivity contribution >= 4 is 0 Å². The van der Waals surface area contributed by atoms with E-state index >= 15 is 0 Å². The van der Waals surface area contributed by atoms with Gasteiger partial charge in [-0.05, 0) is 33.4 Å². The molecule has 0 saturated carbocycles. The van der Waals surface area contributed by atoms with Crippen LogP contribution in [0, 0.1) is 0 Å². The molecule has 1 N–H and O–H groups in total. The van der Waals surface area contributed by atoms with E-state index in [1.807, 2.05) is 0 Å². The molecule has 2 fully saturated rings. The van der Waals surface area contributed by atoms with Crippen molar-refractivity contribution in [2.75, 3.05) is 26.7 Å². The van der Waals surface area contributed by atoms with Crippen LogP contribution < -0.4 is 5.43 Å². The van der Waals surface area contributed by atoms with E-state index in [1.54, 1.807) is 0 Å². The molecule has 0 spiro atoms. The van der Waals surface area contributed by atoms with E-state index < -0.39 is 0 Å². The summed E-state index contributed by atoms with van der Waals surface area (Å²) in [6.45, 7) is 6.00. The van der Waals surface area contributed by atoms with Crippen LogP contribution >= 0.6 is 0 Å². The standard InChI is InChI=1S/C9H19N3/c1-8-3-6-12(10-8)9-4-5-11(2)7-9/h8-10H,3-7H2,1-2H3. The molecule has 0 radical (unpaired) electrons. The van der Waals surface area contributed by atoms with Crippen molar-refractivity contribution in [1.82, 2.24) is 15.3 Å². The third-order valence-corrected chi connectivity index (χ3v) is 3.00. The minimum absolute atomic E-state index is 0.691. The highest BCUT2D eigenvalue weighted by Crippen LogP contribution is 2.16. The fourth-order valence-corrected chi connectivity index (χ4v) is 2.20. The maximum atomic E-state index is 3.52. The topological polar surface area (TPSA) is 18.5 Å². The van der Waals surface area contributed by atoms with Crippen molar-refractivity contribution in [3.05, 3.63) is 0 Å². The van der Waals surface area contributed by atoms with Gasteiger partial charge < -0.3 is 4.90 Å². The molecule has 2 atom stereocenters. The number of hydrogen-bond acceptors (Lipinski definition) is 3. The van der Waals surface area contributed by atoms with Crippen molar-refractivity contribution in [1.29, 1.82) is 0 Å². The predicted octanol–water partition coefficient (Wildman–Crippen LogP) is 0.289. The first-order valence-electron chi connectivity index (χ1n) is 4.97. The fraction of sp³-hybridized carbons (Fsp3) is 1.00. The summed E-state index contributed by atoms with van der Waals surface area (Å²) in [5.74, 6) is 0. The van der Waals surface area contributed by atoms with E-state index in [1.165, 1.54) is 32.5 Å². The molecule has 0 aliphatic carbocycles. The highest BCUT2D eigenvalue weighted by atomic mass is 15.6. The first-order valence-corrected chi connectivity index (χ1v) is 4.97. The van der Waals surface area contributed by atoms with Crippen LogP contribution in [0.4, 0.5) is 0 Å². The van der Waals surface area contributed by atoms with Crippen molar-refractivity contribution < 1.29 is 0 Å². The van der Waals surface area contributed by atoms with E-state index in [0.29, 0.717) is 6.04 Å². The summed E-state index contributed by atoms with van der Waals surface area (Å²) in [6, 6.07) is 1.45. The summed E-state index contributed by atoms with van der Waals surface area (Å²) < 4.78 is 0. The Kier molecular flexibility index (Phi) is 2.35. The van der Waals surface area contributed by atoms with E-state index in [9.17, 15) is 0 Å². The Morgan fingerprint density at radius 3 is 2.58 bits per heavy atom. The van der Waals surface area contributed by atoms with Crippen LogP contribution in [0.5, 0.6) is 0 Å². The maximum Gasteiger partial charge on any atom is 0.0382 e. The maximum absolute atomic E-state index is 3.52. The quantitative estimate of drug-likeness (QED) is 0.608. The summed E-state index contributed by atoms with van der Waals surface area (Å²) >= 11 is 0. The van der Waals surface area contributed by atoms with Gasteiger partial charge in [-0.2, -0.15) is 0 Å². The van der Waals surface area contributed by atoms with Gasteiger partial charge in [0, 0.05) is 25.2 Å². The number of likely N-dealkylation sites (N-methyl/N-ethyl adjacent to an activating group) is 1. The summed E-state index contributed by atoms with van der Waals surface area (Å²) in [4.78, 5) is 2.41. The van der Waals surface area contributed by atoms with Crippen LogP contribution in [0.15, 0.2) is 0 Å². The first kappa shape index (κ1) is 8.48. The molecule has 0 bridgehead atoms.